The molecule has 1 fully saturated rings. The standard InChI is InChI=1S/C33H41N5O4/c1-20(2)15-24(17-30(39)28-18-25-26(37-28)11-8-12-31(25)42-4)33(41)38-27(16-23-13-14-35-32(23)40)29(19-34)36-21(3)22-9-6-5-7-10-22/h5-12,18,20-21,23-24,27,29,36-37H,13-17H2,1-4H3,(H,35,40)(H,38,41)/t21-,23-,24+,27-,29?/m0/s1. The van der Waals surface area contributed by atoms with Gasteiger partial charge in [0.05, 0.1) is 24.9 Å². The number of benzene rings is 2. The predicted molar refractivity (Wildman–Crippen MR) is 162 cm³/mol. The number of hydrogen-bond donors (Lipinski definition) is 4. The van der Waals surface area contributed by atoms with Crippen molar-refractivity contribution in [3.63, 3.8) is 0 Å². The number of Topliss-reactive ketones (excluding diaryl/α,β-unsaturated/α-hetero) is 1. The molecule has 0 aliphatic carbocycles. The molecule has 42 heavy (non-hydrogen) atoms. The van der Waals surface area contributed by atoms with Gasteiger partial charge in [0.25, 0.3) is 0 Å². The summed E-state index contributed by atoms with van der Waals surface area (Å²) in [5.41, 5.74) is 2.22. The Bertz CT molecular complexity index is 1430. The van der Waals surface area contributed by atoms with Crippen LogP contribution in [0.15, 0.2) is 54.6 Å². The summed E-state index contributed by atoms with van der Waals surface area (Å²) in [6.07, 6.45) is 1.49. The lowest BCUT2D eigenvalue weighted by atomic mass is 9.89. The topological polar surface area (TPSA) is 136 Å². The molecule has 4 rings (SSSR count). The number of hydrogen-bond acceptors (Lipinski definition) is 6. The van der Waals surface area contributed by atoms with Crippen LogP contribution in [0.2, 0.25) is 0 Å². The number of nitrogens with zero attached hydrogens (tertiary/aromatic N) is 1. The van der Waals surface area contributed by atoms with Crippen LogP contribution in [0.25, 0.3) is 10.9 Å². The van der Waals surface area contributed by atoms with Crippen LogP contribution in [0, 0.1) is 29.1 Å². The summed E-state index contributed by atoms with van der Waals surface area (Å²) in [5.74, 6) is -0.596. The second kappa shape index (κ2) is 14.1. The molecule has 3 aromatic rings. The van der Waals surface area contributed by atoms with Gasteiger partial charge in [-0.3, -0.25) is 19.7 Å². The third-order valence-electron chi connectivity index (χ3n) is 8.00. The van der Waals surface area contributed by atoms with E-state index in [4.69, 9.17) is 4.74 Å². The molecule has 2 amide bonds. The molecule has 0 radical (unpaired) electrons. The van der Waals surface area contributed by atoms with E-state index < -0.39 is 18.0 Å². The Labute approximate surface area is 247 Å². The molecule has 2 heterocycles. The van der Waals surface area contributed by atoms with E-state index in [9.17, 15) is 19.6 Å². The summed E-state index contributed by atoms with van der Waals surface area (Å²) in [6.45, 7) is 6.57. The van der Waals surface area contributed by atoms with Gasteiger partial charge in [0, 0.05) is 41.7 Å². The molecule has 9 nitrogen and oxygen atoms in total. The van der Waals surface area contributed by atoms with Gasteiger partial charge < -0.3 is 20.4 Å². The Morgan fingerprint density at radius 1 is 1.12 bits per heavy atom. The fourth-order valence-electron chi connectivity index (χ4n) is 5.75. The fraction of sp³-hybridized carbons (Fsp3) is 0.455. The van der Waals surface area contributed by atoms with Crippen LogP contribution < -0.4 is 20.7 Å². The van der Waals surface area contributed by atoms with Gasteiger partial charge in [0.15, 0.2) is 5.78 Å². The summed E-state index contributed by atoms with van der Waals surface area (Å²) < 4.78 is 5.43. The predicted octanol–water partition coefficient (Wildman–Crippen LogP) is 4.67. The van der Waals surface area contributed by atoms with E-state index >= 15 is 0 Å². The van der Waals surface area contributed by atoms with Gasteiger partial charge in [-0.1, -0.05) is 50.2 Å². The number of H-pyrrole nitrogens is 1. The van der Waals surface area contributed by atoms with Crippen LogP contribution in [-0.4, -0.2) is 48.3 Å². The maximum absolute atomic E-state index is 13.8. The summed E-state index contributed by atoms with van der Waals surface area (Å²) in [4.78, 5) is 42.9. The normalized spacial score (nSPS) is 17.7. The van der Waals surface area contributed by atoms with Gasteiger partial charge in [-0.25, -0.2) is 0 Å². The minimum atomic E-state index is -0.742. The molecule has 1 aliphatic heterocycles. The number of amides is 2. The number of carbonyl (C=O) groups excluding carboxylic acids is 3. The number of nitrogens with one attached hydrogen (secondary N) is 4. The minimum Gasteiger partial charge on any atom is -0.496 e. The summed E-state index contributed by atoms with van der Waals surface area (Å²) in [5, 5.41) is 20.3. The van der Waals surface area contributed by atoms with Crippen LogP contribution >= 0.6 is 0 Å². The second-order valence-electron chi connectivity index (χ2n) is 11.6. The summed E-state index contributed by atoms with van der Waals surface area (Å²) in [7, 11) is 1.59. The number of carbonyl (C=O) groups is 3. The van der Waals surface area contributed by atoms with E-state index in [1.54, 1.807) is 13.2 Å². The number of ether oxygens (including phenoxy) is 1. The quantitative estimate of drug-likeness (QED) is 0.208. The van der Waals surface area contributed by atoms with E-state index in [0.717, 1.165) is 16.5 Å². The third kappa shape index (κ3) is 7.56. The van der Waals surface area contributed by atoms with Crippen molar-refractivity contribution in [1.82, 2.24) is 20.9 Å². The SMILES string of the molecule is COc1cccc2[nH]c(C(=O)C[C@@H](CC(C)C)C(=O)N[C@@H](C[C@@H]3CCNC3=O)C(C#N)N[C@@H](C)c3ccccc3)cc12. The van der Waals surface area contributed by atoms with Crippen molar-refractivity contribution >= 4 is 28.5 Å². The number of aromatic nitrogens is 1. The molecule has 9 heteroatoms. The third-order valence-corrected chi connectivity index (χ3v) is 8.00. The average molecular weight is 572 g/mol. The maximum Gasteiger partial charge on any atom is 0.223 e. The number of nitriles is 1. The Morgan fingerprint density at radius 3 is 2.52 bits per heavy atom. The molecule has 222 valence electrons. The smallest absolute Gasteiger partial charge is 0.223 e. The number of ketones is 1. The second-order valence-corrected chi connectivity index (χ2v) is 11.6. The van der Waals surface area contributed by atoms with Crippen molar-refractivity contribution < 1.29 is 19.1 Å². The Morgan fingerprint density at radius 2 is 1.88 bits per heavy atom. The van der Waals surface area contributed by atoms with E-state index in [1.165, 1.54) is 0 Å². The van der Waals surface area contributed by atoms with Gasteiger partial charge in [-0.05, 0) is 55.9 Å². The van der Waals surface area contributed by atoms with Gasteiger partial charge in [-0.15, -0.1) is 0 Å². The highest BCUT2D eigenvalue weighted by atomic mass is 16.5. The zero-order valence-electron chi connectivity index (χ0n) is 24.8. The first-order valence-corrected chi connectivity index (χ1v) is 14.7. The van der Waals surface area contributed by atoms with Gasteiger partial charge >= 0.3 is 0 Å². The van der Waals surface area contributed by atoms with Crippen LogP contribution in [0.3, 0.4) is 0 Å². The van der Waals surface area contributed by atoms with Crippen molar-refractivity contribution in [3.05, 3.63) is 65.9 Å². The molecule has 0 bridgehead atoms. The van der Waals surface area contributed by atoms with Gasteiger partial charge in [-0.2, -0.15) is 5.26 Å². The van der Waals surface area contributed by atoms with Crippen molar-refractivity contribution in [3.8, 4) is 11.8 Å². The van der Waals surface area contributed by atoms with Crippen molar-refractivity contribution in [2.75, 3.05) is 13.7 Å². The zero-order chi connectivity index (χ0) is 30.2. The van der Waals surface area contributed by atoms with E-state index in [2.05, 4.69) is 27.0 Å². The van der Waals surface area contributed by atoms with Crippen molar-refractivity contribution in [2.45, 2.75) is 64.6 Å². The highest BCUT2D eigenvalue weighted by Gasteiger charge is 2.35. The molecule has 1 aliphatic rings. The lowest BCUT2D eigenvalue weighted by molar-refractivity contribution is -0.127. The highest BCUT2D eigenvalue weighted by Crippen LogP contribution is 2.28. The fourth-order valence-corrected chi connectivity index (χ4v) is 5.75. The van der Waals surface area contributed by atoms with Gasteiger partial charge in [0.1, 0.15) is 11.8 Å². The molecule has 0 spiro atoms. The number of methoxy groups -OCH3 is 1. The average Bonchev–Trinajstić information content (AvgIpc) is 3.61. The zero-order valence-corrected chi connectivity index (χ0v) is 24.8. The van der Waals surface area contributed by atoms with Crippen LogP contribution in [0.1, 0.15) is 68.5 Å². The first-order chi connectivity index (χ1) is 20.2. The largest absolute Gasteiger partial charge is 0.496 e. The molecular formula is C33H41N5O4. The minimum absolute atomic E-state index is 0.0147. The first-order valence-electron chi connectivity index (χ1n) is 14.7. The van der Waals surface area contributed by atoms with Crippen molar-refractivity contribution in [2.24, 2.45) is 17.8 Å². The van der Waals surface area contributed by atoms with Crippen LogP contribution in [0.5, 0.6) is 5.75 Å². The molecular weight excluding hydrogens is 530 g/mol. The first kappa shape index (κ1) is 30.8. The van der Waals surface area contributed by atoms with E-state index in [1.807, 2.05) is 69.3 Å². The number of aromatic amines is 1. The Balaban J connectivity index is 1.54. The van der Waals surface area contributed by atoms with Crippen LogP contribution in [-0.2, 0) is 9.59 Å². The molecule has 1 aromatic heterocycles. The highest BCUT2D eigenvalue weighted by molar-refractivity contribution is 6.02. The Hall–Kier alpha value is -4.16. The molecule has 5 atom stereocenters. The maximum atomic E-state index is 13.8. The Kier molecular flexibility index (Phi) is 10.4. The van der Waals surface area contributed by atoms with Gasteiger partial charge in [0.2, 0.25) is 11.8 Å². The lowest BCUT2D eigenvalue weighted by Gasteiger charge is -2.30. The van der Waals surface area contributed by atoms with Crippen LogP contribution in [0.4, 0.5) is 0 Å². The van der Waals surface area contributed by atoms with E-state index in [0.29, 0.717) is 37.3 Å². The molecule has 4 N–H and O–H groups in total. The monoisotopic (exact) mass is 571 g/mol. The number of fused-ring (bicyclic) bond motifs is 1. The molecule has 2 aromatic carbocycles. The summed E-state index contributed by atoms with van der Waals surface area (Å²) in [6, 6.07) is 17.9. The summed E-state index contributed by atoms with van der Waals surface area (Å²) >= 11 is 0. The van der Waals surface area contributed by atoms with Crippen molar-refractivity contribution in [1.29, 1.82) is 5.26 Å². The molecule has 0 saturated carbocycles. The number of rotatable bonds is 14. The lowest BCUT2D eigenvalue weighted by Crippen LogP contribution is -2.52. The molecule has 1 unspecified atom stereocenters. The molecule has 1 saturated heterocycles. The van der Waals surface area contributed by atoms with E-state index in [-0.39, 0.29) is 41.9 Å².